The molecule has 0 radical (unpaired) electrons. The minimum atomic E-state index is -0.175. The first kappa shape index (κ1) is 16.7. The van der Waals surface area contributed by atoms with E-state index in [9.17, 15) is 9.59 Å². The van der Waals surface area contributed by atoms with E-state index < -0.39 is 0 Å². The molecule has 4 heteroatoms. The number of hydrogen-bond donors (Lipinski definition) is 1. The van der Waals surface area contributed by atoms with Crippen LogP contribution in [0.15, 0.2) is 54.6 Å². The Labute approximate surface area is 136 Å². The van der Waals surface area contributed by atoms with E-state index in [-0.39, 0.29) is 30.6 Å². The highest BCUT2D eigenvalue weighted by Gasteiger charge is 2.14. The van der Waals surface area contributed by atoms with Gasteiger partial charge in [0.1, 0.15) is 5.75 Å². The number of Topliss-reactive ketones (excluding diaryl/α,β-unsaturated/α-hetero) is 1. The minimum Gasteiger partial charge on any atom is -0.496 e. The predicted octanol–water partition coefficient (Wildman–Crippen LogP) is 3.54. The monoisotopic (exact) mass is 311 g/mol. The van der Waals surface area contributed by atoms with Crippen LogP contribution in [0.1, 0.15) is 41.7 Å². The van der Waals surface area contributed by atoms with Gasteiger partial charge in [0.25, 0.3) is 0 Å². The summed E-state index contributed by atoms with van der Waals surface area (Å²) in [7, 11) is 1.60. The zero-order valence-corrected chi connectivity index (χ0v) is 13.4. The van der Waals surface area contributed by atoms with Crippen LogP contribution in [0.4, 0.5) is 0 Å². The number of carbonyl (C=O) groups is 2. The van der Waals surface area contributed by atoms with Gasteiger partial charge in [0.15, 0.2) is 5.78 Å². The topological polar surface area (TPSA) is 55.4 Å². The van der Waals surface area contributed by atoms with Crippen LogP contribution in [0, 0.1) is 0 Å². The number of rotatable bonds is 7. The Bertz CT molecular complexity index is 667. The minimum absolute atomic E-state index is 0.0225. The molecule has 1 unspecified atom stereocenters. The third kappa shape index (κ3) is 4.68. The van der Waals surface area contributed by atoms with Gasteiger partial charge in [-0.3, -0.25) is 9.59 Å². The molecule has 0 aromatic heterocycles. The second-order valence-corrected chi connectivity index (χ2v) is 5.32. The number of amides is 1. The zero-order valence-electron chi connectivity index (χ0n) is 13.4. The molecule has 1 amide bonds. The molecule has 2 aromatic rings. The van der Waals surface area contributed by atoms with Gasteiger partial charge >= 0.3 is 0 Å². The Morgan fingerprint density at radius 1 is 1.00 bits per heavy atom. The quantitative estimate of drug-likeness (QED) is 0.796. The molecule has 0 bridgehead atoms. The zero-order chi connectivity index (χ0) is 16.7. The van der Waals surface area contributed by atoms with Gasteiger partial charge < -0.3 is 10.1 Å². The van der Waals surface area contributed by atoms with Gasteiger partial charge in [-0.05, 0) is 13.0 Å². The van der Waals surface area contributed by atoms with Gasteiger partial charge in [-0.15, -0.1) is 0 Å². The maximum atomic E-state index is 12.1. The molecule has 0 spiro atoms. The lowest BCUT2D eigenvalue weighted by molar-refractivity contribution is -0.121. The summed E-state index contributed by atoms with van der Waals surface area (Å²) in [6, 6.07) is 16.4. The van der Waals surface area contributed by atoms with E-state index in [2.05, 4.69) is 5.32 Å². The molecule has 0 aliphatic rings. The number of hydrogen-bond acceptors (Lipinski definition) is 3. The smallest absolute Gasteiger partial charge is 0.220 e. The van der Waals surface area contributed by atoms with Crippen molar-refractivity contribution in [3.8, 4) is 5.75 Å². The second-order valence-electron chi connectivity index (χ2n) is 5.32. The third-order valence-corrected chi connectivity index (χ3v) is 3.66. The van der Waals surface area contributed by atoms with Gasteiger partial charge in [0, 0.05) is 24.0 Å². The number of ketones is 1. The second kappa shape index (κ2) is 8.13. The molecule has 0 saturated carbocycles. The summed E-state index contributed by atoms with van der Waals surface area (Å²) in [6.45, 7) is 1.90. The predicted molar refractivity (Wildman–Crippen MR) is 89.6 cm³/mol. The fourth-order valence-corrected chi connectivity index (χ4v) is 2.41. The van der Waals surface area contributed by atoms with Crippen LogP contribution in [-0.4, -0.2) is 18.8 Å². The van der Waals surface area contributed by atoms with Crippen LogP contribution < -0.4 is 10.1 Å². The lowest BCUT2D eigenvalue weighted by Gasteiger charge is -2.17. The van der Waals surface area contributed by atoms with E-state index >= 15 is 0 Å². The summed E-state index contributed by atoms with van der Waals surface area (Å²) in [4.78, 5) is 24.1. The normalized spacial score (nSPS) is 11.6. The Morgan fingerprint density at radius 2 is 1.65 bits per heavy atom. The maximum Gasteiger partial charge on any atom is 0.220 e. The average Bonchev–Trinajstić information content (AvgIpc) is 2.60. The van der Waals surface area contributed by atoms with Crippen molar-refractivity contribution in [2.75, 3.05) is 7.11 Å². The van der Waals surface area contributed by atoms with Crippen molar-refractivity contribution in [1.82, 2.24) is 5.32 Å². The fourth-order valence-electron chi connectivity index (χ4n) is 2.41. The summed E-state index contributed by atoms with van der Waals surface area (Å²) in [5.41, 5.74) is 1.55. The number of ether oxygens (including phenoxy) is 1. The van der Waals surface area contributed by atoms with Crippen molar-refractivity contribution in [2.24, 2.45) is 0 Å². The summed E-state index contributed by atoms with van der Waals surface area (Å²) in [5, 5.41) is 2.91. The Hall–Kier alpha value is -2.62. The first-order chi connectivity index (χ1) is 11.1. The lowest BCUT2D eigenvalue weighted by atomic mass is 10.1. The molecule has 0 fully saturated rings. The van der Waals surface area contributed by atoms with Crippen LogP contribution in [0.3, 0.4) is 0 Å². The first-order valence-corrected chi connectivity index (χ1v) is 7.62. The molecule has 120 valence electrons. The Kier molecular flexibility index (Phi) is 5.92. The molecule has 1 N–H and O–H groups in total. The maximum absolute atomic E-state index is 12.1. The van der Waals surface area contributed by atoms with E-state index in [1.807, 2.05) is 49.4 Å². The Balaban J connectivity index is 1.88. The molecule has 1 atom stereocenters. The number of nitrogens with one attached hydrogen (secondary N) is 1. The molecule has 4 nitrogen and oxygen atoms in total. The largest absolute Gasteiger partial charge is 0.496 e. The number of methoxy groups -OCH3 is 1. The third-order valence-electron chi connectivity index (χ3n) is 3.66. The van der Waals surface area contributed by atoms with Crippen LogP contribution in [0.5, 0.6) is 5.75 Å². The number of benzene rings is 2. The molecule has 2 aromatic carbocycles. The number of carbonyl (C=O) groups excluding carboxylic acids is 2. The van der Waals surface area contributed by atoms with Gasteiger partial charge in [0.05, 0.1) is 13.2 Å². The highest BCUT2D eigenvalue weighted by Crippen LogP contribution is 2.24. The van der Waals surface area contributed by atoms with Crippen molar-refractivity contribution in [1.29, 1.82) is 0 Å². The van der Waals surface area contributed by atoms with E-state index in [4.69, 9.17) is 4.74 Å². The van der Waals surface area contributed by atoms with E-state index in [0.717, 1.165) is 11.3 Å². The highest BCUT2D eigenvalue weighted by atomic mass is 16.5. The van der Waals surface area contributed by atoms with Crippen LogP contribution in [-0.2, 0) is 4.79 Å². The van der Waals surface area contributed by atoms with Crippen molar-refractivity contribution >= 4 is 11.7 Å². The summed E-state index contributed by atoms with van der Waals surface area (Å²) >= 11 is 0. The van der Waals surface area contributed by atoms with E-state index in [1.165, 1.54) is 0 Å². The van der Waals surface area contributed by atoms with Crippen LogP contribution >= 0.6 is 0 Å². The van der Waals surface area contributed by atoms with Crippen molar-refractivity contribution in [3.63, 3.8) is 0 Å². The van der Waals surface area contributed by atoms with Crippen molar-refractivity contribution in [3.05, 3.63) is 65.7 Å². The van der Waals surface area contributed by atoms with Crippen LogP contribution in [0.2, 0.25) is 0 Å². The lowest BCUT2D eigenvalue weighted by Crippen LogP contribution is -2.27. The van der Waals surface area contributed by atoms with Crippen molar-refractivity contribution < 1.29 is 14.3 Å². The molecule has 2 rings (SSSR count). The molecular formula is C19H21NO3. The molecule has 0 aliphatic carbocycles. The SMILES string of the molecule is COc1ccccc1C(C)NC(=O)CCC(=O)c1ccccc1. The first-order valence-electron chi connectivity index (χ1n) is 7.62. The molecule has 0 saturated heterocycles. The molecular weight excluding hydrogens is 290 g/mol. The van der Waals surface area contributed by atoms with E-state index in [0.29, 0.717) is 5.56 Å². The summed E-state index contributed by atoms with van der Waals surface area (Å²) in [5.74, 6) is 0.569. The fraction of sp³-hybridized carbons (Fsp3) is 0.263. The van der Waals surface area contributed by atoms with Gasteiger partial charge in [-0.25, -0.2) is 0 Å². The molecule has 0 heterocycles. The van der Waals surface area contributed by atoms with Gasteiger partial charge in [-0.1, -0.05) is 48.5 Å². The van der Waals surface area contributed by atoms with Crippen LogP contribution in [0.25, 0.3) is 0 Å². The number of para-hydroxylation sites is 1. The molecule has 23 heavy (non-hydrogen) atoms. The standard InChI is InChI=1S/C19H21NO3/c1-14(16-10-6-7-11-18(16)23-2)20-19(22)13-12-17(21)15-8-4-3-5-9-15/h3-11,14H,12-13H2,1-2H3,(H,20,22). The Morgan fingerprint density at radius 3 is 2.35 bits per heavy atom. The van der Waals surface area contributed by atoms with Gasteiger partial charge in [-0.2, -0.15) is 0 Å². The van der Waals surface area contributed by atoms with Crippen molar-refractivity contribution in [2.45, 2.75) is 25.8 Å². The van der Waals surface area contributed by atoms with E-state index in [1.54, 1.807) is 19.2 Å². The molecule has 0 aliphatic heterocycles. The summed E-state index contributed by atoms with van der Waals surface area (Å²) in [6.07, 6.45) is 0.377. The summed E-state index contributed by atoms with van der Waals surface area (Å²) < 4.78 is 5.30. The van der Waals surface area contributed by atoms with Gasteiger partial charge in [0.2, 0.25) is 5.91 Å². The highest BCUT2D eigenvalue weighted by molar-refractivity contribution is 5.97. The average molecular weight is 311 g/mol.